The SMILES string of the molecule is CSc1cc(Cl)cc(F)c1F. The molecule has 0 spiro atoms. The van der Waals surface area contributed by atoms with Crippen molar-refractivity contribution >= 4 is 23.4 Å². The Balaban J connectivity index is 3.24. The fraction of sp³-hybridized carbons (Fsp3) is 0.143. The van der Waals surface area contributed by atoms with Crippen molar-refractivity contribution in [1.29, 1.82) is 0 Å². The molecule has 1 aromatic rings. The number of halogens is 3. The smallest absolute Gasteiger partial charge is 0.172 e. The summed E-state index contributed by atoms with van der Waals surface area (Å²) >= 11 is 6.61. The second-order valence-electron chi connectivity index (χ2n) is 1.90. The molecule has 0 radical (unpaired) electrons. The molecule has 0 atom stereocenters. The van der Waals surface area contributed by atoms with E-state index >= 15 is 0 Å². The largest absolute Gasteiger partial charge is 0.204 e. The molecule has 4 heteroatoms. The maximum Gasteiger partial charge on any atom is 0.172 e. The summed E-state index contributed by atoms with van der Waals surface area (Å²) < 4.78 is 25.3. The van der Waals surface area contributed by atoms with E-state index in [1.165, 1.54) is 6.07 Å². The van der Waals surface area contributed by atoms with Gasteiger partial charge in [0.15, 0.2) is 11.6 Å². The monoisotopic (exact) mass is 194 g/mol. The lowest BCUT2D eigenvalue weighted by Gasteiger charge is -1.99. The van der Waals surface area contributed by atoms with E-state index in [1.54, 1.807) is 6.26 Å². The van der Waals surface area contributed by atoms with Crippen LogP contribution in [0.5, 0.6) is 0 Å². The van der Waals surface area contributed by atoms with Crippen molar-refractivity contribution in [2.75, 3.05) is 6.26 Å². The molecule has 0 fully saturated rings. The normalized spacial score (nSPS) is 10.2. The first kappa shape index (κ1) is 8.81. The van der Waals surface area contributed by atoms with Gasteiger partial charge >= 0.3 is 0 Å². The molecule has 0 saturated heterocycles. The fourth-order valence-electron chi connectivity index (χ4n) is 0.681. The fourth-order valence-corrected chi connectivity index (χ4v) is 1.47. The lowest BCUT2D eigenvalue weighted by Crippen LogP contribution is -1.86. The average Bonchev–Trinajstić information content (AvgIpc) is 1.96. The average molecular weight is 195 g/mol. The number of hydrogen-bond acceptors (Lipinski definition) is 1. The molecule has 0 heterocycles. The van der Waals surface area contributed by atoms with Crippen LogP contribution in [0.3, 0.4) is 0 Å². The maximum atomic E-state index is 12.7. The summed E-state index contributed by atoms with van der Waals surface area (Å²) in [7, 11) is 0. The van der Waals surface area contributed by atoms with Crippen molar-refractivity contribution < 1.29 is 8.78 Å². The third-order valence-corrected chi connectivity index (χ3v) is 2.13. The summed E-state index contributed by atoms with van der Waals surface area (Å²) in [6.07, 6.45) is 1.66. The van der Waals surface area contributed by atoms with Crippen molar-refractivity contribution in [1.82, 2.24) is 0 Å². The zero-order chi connectivity index (χ0) is 8.43. The molecule has 0 aliphatic rings. The summed E-state index contributed by atoms with van der Waals surface area (Å²) in [6.45, 7) is 0. The summed E-state index contributed by atoms with van der Waals surface area (Å²) in [4.78, 5) is 0.231. The molecule has 0 aliphatic heterocycles. The van der Waals surface area contributed by atoms with E-state index in [9.17, 15) is 8.78 Å². The molecule has 0 nitrogen and oxygen atoms in total. The van der Waals surface area contributed by atoms with E-state index in [1.807, 2.05) is 0 Å². The van der Waals surface area contributed by atoms with Crippen LogP contribution in [0.25, 0.3) is 0 Å². The topological polar surface area (TPSA) is 0 Å². The molecule has 0 aliphatic carbocycles. The molecule has 0 aromatic heterocycles. The number of rotatable bonds is 1. The lowest BCUT2D eigenvalue weighted by atomic mass is 10.3. The van der Waals surface area contributed by atoms with Gasteiger partial charge in [-0.25, -0.2) is 8.78 Å². The van der Waals surface area contributed by atoms with Crippen LogP contribution in [0.4, 0.5) is 8.78 Å². The standard InChI is InChI=1S/C7H5ClF2S/c1-11-6-3-4(8)2-5(9)7(6)10/h2-3H,1H3. The minimum Gasteiger partial charge on any atom is -0.204 e. The third kappa shape index (κ3) is 1.84. The number of benzene rings is 1. The maximum absolute atomic E-state index is 12.7. The Morgan fingerprint density at radius 1 is 1.36 bits per heavy atom. The minimum atomic E-state index is -0.901. The van der Waals surface area contributed by atoms with Crippen LogP contribution in [-0.2, 0) is 0 Å². The lowest BCUT2D eigenvalue weighted by molar-refractivity contribution is 0.492. The highest BCUT2D eigenvalue weighted by molar-refractivity contribution is 7.98. The van der Waals surface area contributed by atoms with E-state index in [0.717, 1.165) is 17.8 Å². The first-order valence-corrected chi connectivity index (χ1v) is 4.44. The first-order chi connectivity index (χ1) is 5.15. The molecular weight excluding hydrogens is 190 g/mol. The van der Waals surface area contributed by atoms with E-state index in [-0.39, 0.29) is 9.92 Å². The van der Waals surface area contributed by atoms with Crippen LogP contribution in [0.1, 0.15) is 0 Å². The van der Waals surface area contributed by atoms with Gasteiger partial charge in [0.2, 0.25) is 0 Å². The van der Waals surface area contributed by atoms with Crippen molar-refractivity contribution in [3.63, 3.8) is 0 Å². The first-order valence-electron chi connectivity index (χ1n) is 2.83. The molecule has 0 bridgehead atoms. The summed E-state index contributed by atoms with van der Waals surface area (Å²) in [5, 5.41) is 0.216. The Bertz CT molecular complexity index is 275. The molecule has 60 valence electrons. The second kappa shape index (κ2) is 3.41. The molecule has 0 saturated carbocycles. The van der Waals surface area contributed by atoms with Gasteiger partial charge < -0.3 is 0 Å². The van der Waals surface area contributed by atoms with E-state index in [4.69, 9.17) is 11.6 Å². The Morgan fingerprint density at radius 2 is 2.00 bits per heavy atom. The molecule has 11 heavy (non-hydrogen) atoms. The van der Waals surface area contributed by atoms with Gasteiger partial charge in [0, 0.05) is 9.92 Å². The molecule has 0 amide bonds. The van der Waals surface area contributed by atoms with Gasteiger partial charge in [-0.1, -0.05) is 11.6 Å². The highest BCUT2D eigenvalue weighted by atomic mass is 35.5. The van der Waals surface area contributed by atoms with Crippen LogP contribution < -0.4 is 0 Å². The Morgan fingerprint density at radius 3 is 2.55 bits per heavy atom. The molecular formula is C7H5ClF2S. The highest BCUT2D eigenvalue weighted by Gasteiger charge is 2.08. The zero-order valence-electron chi connectivity index (χ0n) is 5.70. The Labute approximate surface area is 72.6 Å². The summed E-state index contributed by atoms with van der Waals surface area (Å²) in [6, 6.07) is 2.35. The van der Waals surface area contributed by atoms with Gasteiger partial charge in [-0.3, -0.25) is 0 Å². The van der Waals surface area contributed by atoms with Gasteiger partial charge in [0.25, 0.3) is 0 Å². The van der Waals surface area contributed by atoms with Crippen LogP contribution >= 0.6 is 23.4 Å². The zero-order valence-corrected chi connectivity index (χ0v) is 7.27. The van der Waals surface area contributed by atoms with Gasteiger partial charge in [0.1, 0.15) is 0 Å². The summed E-state index contributed by atoms with van der Waals surface area (Å²) in [5.41, 5.74) is 0. The summed E-state index contributed by atoms with van der Waals surface area (Å²) in [5.74, 6) is -1.73. The van der Waals surface area contributed by atoms with E-state index < -0.39 is 11.6 Å². The van der Waals surface area contributed by atoms with Crippen LogP contribution in [0.15, 0.2) is 17.0 Å². The number of hydrogen-bond donors (Lipinski definition) is 0. The van der Waals surface area contributed by atoms with Crippen molar-refractivity contribution in [2.45, 2.75) is 4.90 Å². The predicted octanol–water partition coefficient (Wildman–Crippen LogP) is 3.34. The predicted molar refractivity (Wildman–Crippen MR) is 43.1 cm³/mol. The van der Waals surface area contributed by atoms with Crippen LogP contribution in [0, 0.1) is 11.6 Å². The van der Waals surface area contributed by atoms with E-state index in [0.29, 0.717) is 0 Å². The van der Waals surface area contributed by atoms with Crippen molar-refractivity contribution in [3.05, 3.63) is 28.8 Å². The van der Waals surface area contributed by atoms with Gasteiger partial charge in [-0.2, -0.15) is 0 Å². The van der Waals surface area contributed by atoms with Crippen LogP contribution in [0.2, 0.25) is 5.02 Å². The molecule has 1 rings (SSSR count). The van der Waals surface area contributed by atoms with Crippen molar-refractivity contribution in [2.24, 2.45) is 0 Å². The van der Waals surface area contributed by atoms with Gasteiger partial charge in [-0.15, -0.1) is 11.8 Å². The molecule has 0 unspecified atom stereocenters. The third-order valence-electron chi connectivity index (χ3n) is 1.18. The van der Waals surface area contributed by atoms with Gasteiger partial charge in [0.05, 0.1) is 0 Å². The Kier molecular flexibility index (Phi) is 2.73. The molecule has 0 N–H and O–H groups in total. The van der Waals surface area contributed by atoms with E-state index in [2.05, 4.69) is 0 Å². The quantitative estimate of drug-likeness (QED) is 0.488. The van der Waals surface area contributed by atoms with Crippen molar-refractivity contribution in [3.8, 4) is 0 Å². The Hall–Kier alpha value is -0.280. The number of thioether (sulfide) groups is 1. The van der Waals surface area contributed by atoms with Gasteiger partial charge in [-0.05, 0) is 18.4 Å². The highest BCUT2D eigenvalue weighted by Crippen LogP contribution is 2.25. The molecule has 1 aromatic carbocycles. The second-order valence-corrected chi connectivity index (χ2v) is 3.19. The minimum absolute atomic E-state index is 0.216. The van der Waals surface area contributed by atoms with Crippen LogP contribution in [-0.4, -0.2) is 6.26 Å².